The number of aryl methyl sites for hydroxylation is 1. The lowest BCUT2D eigenvalue weighted by Gasteiger charge is -2.17. The van der Waals surface area contributed by atoms with Gasteiger partial charge in [0.2, 0.25) is 0 Å². The number of amides is 1. The van der Waals surface area contributed by atoms with Crippen LogP contribution in [0.15, 0.2) is 48.5 Å². The van der Waals surface area contributed by atoms with Crippen LogP contribution in [-0.4, -0.2) is 37.0 Å². The molecule has 27 heavy (non-hydrogen) atoms. The molecule has 1 atom stereocenters. The molecular weight excluding hydrogens is 356 g/mol. The van der Waals surface area contributed by atoms with Gasteiger partial charge in [-0.1, -0.05) is 35.9 Å². The van der Waals surface area contributed by atoms with Crippen molar-refractivity contribution in [3.8, 4) is 5.75 Å². The zero-order valence-corrected chi connectivity index (χ0v) is 16.3. The van der Waals surface area contributed by atoms with Crippen LogP contribution in [0.25, 0.3) is 10.1 Å². The average Bonchev–Trinajstić information content (AvgIpc) is 3.27. The average molecular weight is 381 g/mol. The van der Waals surface area contributed by atoms with E-state index in [1.165, 1.54) is 22.3 Å². The monoisotopic (exact) mass is 380 g/mol. The summed E-state index contributed by atoms with van der Waals surface area (Å²) in [6.45, 7) is 5.59. The minimum Gasteiger partial charge on any atom is -0.492 e. The second-order valence-corrected chi connectivity index (χ2v) is 8.21. The van der Waals surface area contributed by atoms with Crippen LogP contribution in [0, 0.1) is 6.92 Å². The molecule has 1 aliphatic rings. The Morgan fingerprint density at radius 3 is 2.78 bits per heavy atom. The molecule has 2 N–H and O–H groups in total. The van der Waals surface area contributed by atoms with Crippen molar-refractivity contribution in [2.75, 3.05) is 26.2 Å². The number of carbonyl (C=O) groups excluding carboxylic acids is 1. The maximum absolute atomic E-state index is 12.0. The van der Waals surface area contributed by atoms with Crippen LogP contribution in [0.4, 0.5) is 0 Å². The fourth-order valence-corrected chi connectivity index (χ4v) is 4.99. The molecule has 140 valence electrons. The fraction of sp³-hybridized carbons (Fsp3) is 0.318. The molecule has 3 aromatic rings. The molecule has 2 aromatic carbocycles. The van der Waals surface area contributed by atoms with Gasteiger partial charge >= 0.3 is 0 Å². The maximum atomic E-state index is 12.0. The Kier molecular flexibility index (Phi) is 5.14. The number of fused-ring (bicyclic) bond motifs is 1. The number of benzene rings is 2. The van der Waals surface area contributed by atoms with E-state index in [4.69, 9.17) is 10.5 Å². The number of nitrogens with two attached hydrogens (primary N) is 1. The number of carbonyl (C=O) groups is 1. The van der Waals surface area contributed by atoms with Crippen molar-refractivity contribution in [2.24, 2.45) is 5.73 Å². The van der Waals surface area contributed by atoms with E-state index in [-0.39, 0.29) is 5.91 Å². The third-order valence-electron chi connectivity index (χ3n) is 5.24. The standard InChI is InChI=1S/C22H24N2O2S/c1-15-6-8-17(9-7-15)26-13-12-24-11-10-16(14-24)20-18-4-2-3-5-19(18)27-21(20)22(23)25/h2-9,16H,10-14H2,1H3,(H2,23,25)/t16-/m1/s1. The number of primary amides is 1. The summed E-state index contributed by atoms with van der Waals surface area (Å²) in [4.78, 5) is 15.1. The number of rotatable bonds is 6. The Labute approximate surface area is 163 Å². The molecule has 1 saturated heterocycles. The van der Waals surface area contributed by atoms with Crippen LogP contribution in [0.3, 0.4) is 0 Å². The maximum Gasteiger partial charge on any atom is 0.259 e. The molecule has 1 aliphatic heterocycles. The molecule has 4 rings (SSSR count). The van der Waals surface area contributed by atoms with Gasteiger partial charge in [-0.25, -0.2) is 0 Å². The van der Waals surface area contributed by atoms with Gasteiger partial charge in [-0.05, 0) is 49.0 Å². The SMILES string of the molecule is Cc1ccc(OCCN2CC[C@@H](c3c(C(N)=O)sc4ccccc34)C2)cc1. The fourth-order valence-electron chi connectivity index (χ4n) is 3.85. The summed E-state index contributed by atoms with van der Waals surface area (Å²) in [6.07, 6.45) is 1.05. The Balaban J connectivity index is 1.42. The van der Waals surface area contributed by atoms with Gasteiger partial charge in [0.25, 0.3) is 5.91 Å². The Morgan fingerprint density at radius 1 is 1.22 bits per heavy atom. The van der Waals surface area contributed by atoms with Gasteiger partial charge in [-0.15, -0.1) is 11.3 Å². The first kappa shape index (κ1) is 18.0. The van der Waals surface area contributed by atoms with Crippen molar-refractivity contribution in [1.82, 2.24) is 4.90 Å². The number of hydrogen-bond donors (Lipinski definition) is 1. The Morgan fingerprint density at radius 2 is 2.00 bits per heavy atom. The number of hydrogen-bond acceptors (Lipinski definition) is 4. The van der Waals surface area contributed by atoms with E-state index in [2.05, 4.69) is 36.1 Å². The lowest BCUT2D eigenvalue weighted by molar-refractivity contribution is 0.100. The predicted octanol–water partition coefficient (Wildman–Crippen LogP) is 4.18. The molecule has 0 saturated carbocycles. The van der Waals surface area contributed by atoms with E-state index in [1.54, 1.807) is 0 Å². The van der Waals surface area contributed by atoms with E-state index < -0.39 is 0 Å². The lowest BCUT2D eigenvalue weighted by atomic mass is 9.95. The summed E-state index contributed by atoms with van der Waals surface area (Å²) in [5, 5.41) is 1.18. The third-order valence-corrected chi connectivity index (χ3v) is 6.44. The highest BCUT2D eigenvalue weighted by Gasteiger charge is 2.29. The van der Waals surface area contributed by atoms with E-state index in [0.29, 0.717) is 12.5 Å². The van der Waals surface area contributed by atoms with Gasteiger partial charge in [0.05, 0.1) is 4.88 Å². The summed E-state index contributed by atoms with van der Waals surface area (Å²) in [5.41, 5.74) is 8.05. The van der Waals surface area contributed by atoms with E-state index >= 15 is 0 Å². The van der Waals surface area contributed by atoms with Crippen LogP contribution in [0.1, 0.15) is 33.1 Å². The van der Waals surface area contributed by atoms with Crippen LogP contribution in [0.5, 0.6) is 5.75 Å². The van der Waals surface area contributed by atoms with Crippen LogP contribution < -0.4 is 10.5 Å². The third kappa shape index (κ3) is 3.84. The van der Waals surface area contributed by atoms with Crippen molar-refractivity contribution in [3.05, 3.63) is 64.5 Å². The molecular formula is C22H24N2O2S. The van der Waals surface area contributed by atoms with Crippen LogP contribution >= 0.6 is 11.3 Å². The molecule has 4 nitrogen and oxygen atoms in total. The van der Waals surface area contributed by atoms with Gasteiger partial charge < -0.3 is 10.5 Å². The van der Waals surface area contributed by atoms with Gasteiger partial charge in [0, 0.05) is 23.7 Å². The predicted molar refractivity (Wildman–Crippen MR) is 111 cm³/mol. The highest BCUT2D eigenvalue weighted by molar-refractivity contribution is 7.21. The quantitative estimate of drug-likeness (QED) is 0.698. The number of likely N-dealkylation sites (tertiary alicyclic amines) is 1. The summed E-state index contributed by atoms with van der Waals surface area (Å²) in [7, 11) is 0. The van der Waals surface area contributed by atoms with Crippen molar-refractivity contribution in [2.45, 2.75) is 19.3 Å². The molecule has 0 unspecified atom stereocenters. The smallest absolute Gasteiger partial charge is 0.259 e. The Hall–Kier alpha value is -2.37. The number of nitrogens with zero attached hydrogens (tertiary/aromatic N) is 1. The molecule has 0 spiro atoms. The van der Waals surface area contributed by atoms with Crippen molar-refractivity contribution in [3.63, 3.8) is 0 Å². The van der Waals surface area contributed by atoms with Crippen molar-refractivity contribution in [1.29, 1.82) is 0 Å². The van der Waals surface area contributed by atoms with Gasteiger partial charge in [-0.3, -0.25) is 9.69 Å². The lowest BCUT2D eigenvalue weighted by Crippen LogP contribution is -2.26. The highest BCUT2D eigenvalue weighted by Crippen LogP contribution is 2.39. The molecule has 1 amide bonds. The molecule has 0 bridgehead atoms. The van der Waals surface area contributed by atoms with Crippen molar-refractivity contribution < 1.29 is 9.53 Å². The zero-order chi connectivity index (χ0) is 18.8. The molecule has 2 heterocycles. The highest BCUT2D eigenvalue weighted by atomic mass is 32.1. The molecule has 0 radical (unpaired) electrons. The largest absolute Gasteiger partial charge is 0.492 e. The summed E-state index contributed by atoms with van der Waals surface area (Å²) < 4.78 is 7.01. The Bertz CT molecular complexity index is 949. The zero-order valence-electron chi connectivity index (χ0n) is 15.5. The molecule has 1 aromatic heterocycles. The first-order valence-corrected chi connectivity index (χ1v) is 10.2. The second kappa shape index (κ2) is 7.71. The topological polar surface area (TPSA) is 55.6 Å². The van der Waals surface area contributed by atoms with Gasteiger partial charge in [0.1, 0.15) is 12.4 Å². The summed E-state index contributed by atoms with van der Waals surface area (Å²) in [6, 6.07) is 16.4. The summed E-state index contributed by atoms with van der Waals surface area (Å²) >= 11 is 1.52. The molecule has 1 fully saturated rings. The molecule has 0 aliphatic carbocycles. The first-order chi connectivity index (χ1) is 13.1. The number of ether oxygens (including phenoxy) is 1. The van der Waals surface area contributed by atoms with Gasteiger partial charge in [-0.2, -0.15) is 0 Å². The van der Waals surface area contributed by atoms with E-state index in [1.807, 2.05) is 24.3 Å². The molecule has 5 heteroatoms. The summed E-state index contributed by atoms with van der Waals surface area (Å²) in [5.74, 6) is 0.951. The van der Waals surface area contributed by atoms with Crippen LogP contribution in [-0.2, 0) is 0 Å². The van der Waals surface area contributed by atoms with E-state index in [9.17, 15) is 4.79 Å². The number of thiophene rings is 1. The van der Waals surface area contributed by atoms with E-state index in [0.717, 1.165) is 46.9 Å². The first-order valence-electron chi connectivity index (χ1n) is 9.35. The van der Waals surface area contributed by atoms with Crippen LogP contribution in [0.2, 0.25) is 0 Å². The second-order valence-electron chi connectivity index (χ2n) is 7.15. The minimum atomic E-state index is -0.313. The minimum absolute atomic E-state index is 0.313. The van der Waals surface area contributed by atoms with Gasteiger partial charge in [0.15, 0.2) is 0 Å². The normalized spacial score (nSPS) is 17.4. The van der Waals surface area contributed by atoms with Crippen molar-refractivity contribution >= 4 is 27.3 Å².